The number of hydrogen-bond acceptors (Lipinski definition) is 8. The van der Waals surface area contributed by atoms with Gasteiger partial charge in [0.2, 0.25) is 5.01 Å². The van der Waals surface area contributed by atoms with Crippen molar-refractivity contribution in [3.63, 3.8) is 0 Å². The second-order valence-electron chi connectivity index (χ2n) is 9.00. The highest BCUT2D eigenvalue weighted by Gasteiger charge is 2.28. The Bertz CT molecular complexity index is 1360. The zero-order valence-electron chi connectivity index (χ0n) is 19.8. The zero-order valence-corrected chi connectivity index (χ0v) is 20.7. The van der Waals surface area contributed by atoms with E-state index in [-0.39, 0.29) is 11.9 Å². The van der Waals surface area contributed by atoms with Crippen LogP contribution in [0.2, 0.25) is 0 Å². The summed E-state index contributed by atoms with van der Waals surface area (Å²) in [5.74, 6) is -0.194. The number of carbonyl (C=O) groups excluding carboxylic acids is 1. The summed E-state index contributed by atoms with van der Waals surface area (Å²) >= 11 is 1.24. The standard InChI is InChI=1S/C25H27N7O2S/c1-15(2)28-22-10-21(17-6-4-5-16(9-17)18-11-27-31(3)13-18)26-12-20(22)23-29-30-24(35-23)25(34)32-8-7-19(33)14-32/h4-6,9-13,15,19,33H,7-8,14H2,1-3H3,(H,26,28)/t19-/m0/s1. The lowest BCUT2D eigenvalue weighted by atomic mass is 10.0. The second-order valence-corrected chi connectivity index (χ2v) is 9.98. The summed E-state index contributed by atoms with van der Waals surface area (Å²) in [6, 6.07) is 10.4. The number of aryl methyl sites for hydroxylation is 1. The molecule has 0 saturated carbocycles. The summed E-state index contributed by atoms with van der Waals surface area (Å²) in [5.41, 5.74) is 5.61. The van der Waals surface area contributed by atoms with Gasteiger partial charge in [0.05, 0.1) is 23.6 Å². The third kappa shape index (κ3) is 4.94. The van der Waals surface area contributed by atoms with Crippen LogP contribution in [0.25, 0.3) is 33.0 Å². The number of carbonyl (C=O) groups is 1. The molecule has 1 aromatic carbocycles. The van der Waals surface area contributed by atoms with Crippen LogP contribution in [0.15, 0.2) is 48.9 Å². The highest BCUT2D eigenvalue weighted by Crippen LogP contribution is 2.34. The van der Waals surface area contributed by atoms with Crippen LogP contribution in [0.3, 0.4) is 0 Å². The fraction of sp³-hybridized carbons (Fsp3) is 0.320. The van der Waals surface area contributed by atoms with Crippen molar-refractivity contribution in [2.24, 2.45) is 7.05 Å². The molecule has 3 aromatic heterocycles. The number of β-amino-alcohol motifs (C(OH)–C–C–N with tert-alkyl or cyclic N) is 1. The van der Waals surface area contributed by atoms with Crippen LogP contribution in [-0.4, -0.2) is 66.1 Å². The molecule has 1 aliphatic rings. The van der Waals surface area contributed by atoms with Crippen LogP contribution in [0.1, 0.15) is 30.1 Å². The molecular formula is C25H27N7O2S. The summed E-state index contributed by atoms with van der Waals surface area (Å²) in [6.45, 7) is 5.01. The van der Waals surface area contributed by atoms with E-state index < -0.39 is 6.10 Å². The first-order valence-corrected chi connectivity index (χ1v) is 12.4. The highest BCUT2D eigenvalue weighted by atomic mass is 32.1. The van der Waals surface area contributed by atoms with Gasteiger partial charge in [0.1, 0.15) is 0 Å². The van der Waals surface area contributed by atoms with E-state index in [0.717, 1.165) is 33.6 Å². The summed E-state index contributed by atoms with van der Waals surface area (Å²) in [5, 5.41) is 26.9. The van der Waals surface area contributed by atoms with E-state index in [1.807, 2.05) is 37.6 Å². The normalized spacial score (nSPS) is 15.7. The molecule has 1 aliphatic heterocycles. The number of rotatable bonds is 6. The van der Waals surface area contributed by atoms with Crippen molar-refractivity contribution in [2.45, 2.75) is 32.4 Å². The van der Waals surface area contributed by atoms with E-state index in [9.17, 15) is 9.90 Å². The number of nitrogens with zero attached hydrogens (tertiary/aromatic N) is 6. The highest BCUT2D eigenvalue weighted by molar-refractivity contribution is 7.16. The predicted molar refractivity (Wildman–Crippen MR) is 136 cm³/mol. The van der Waals surface area contributed by atoms with Crippen molar-refractivity contribution >= 4 is 22.9 Å². The van der Waals surface area contributed by atoms with Crippen LogP contribution in [0.4, 0.5) is 5.69 Å². The maximum absolute atomic E-state index is 12.8. The number of aromatic nitrogens is 5. The molecular weight excluding hydrogens is 462 g/mol. The van der Waals surface area contributed by atoms with Crippen molar-refractivity contribution < 1.29 is 9.90 Å². The summed E-state index contributed by atoms with van der Waals surface area (Å²) in [6.07, 6.45) is 5.73. The third-order valence-corrected chi connectivity index (χ3v) is 6.78. The topological polar surface area (TPSA) is 109 Å². The molecule has 0 aliphatic carbocycles. The van der Waals surface area contributed by atoms with Crippen LogP contribution >= 0.6 is 11.3 Å². The van der Waals surface area contributed by atoms with Crippen LogP contribution in [-0.2, 0) is 7.05 Å². The molecule has 9 nitrogen and oxygen atoms in total. The van der Waals surface area contributed by atoms with E-state index in [0.29, 0.717) is 29.5 Å². The van der Waals surface area contributed by atoms with Crippen molar-refractivity contribution in [1.29, 1.82) is 0 Å². The van der Waals surface area contributed by atoms with E-state index >= 15 is 0 Å². The smallest absolute Gasteiger partial charge is 0.284 e. The first-order chi connectivity index (χ1) is 16.9. The van der Waals surface area contributed by atoms with Crippen LogP contribution in [0.5, 0.6) is 0 Å². The molecule has 1 atom stereocenters. The van der Waals surface area contributed by atoms with Gasteiger partial charge in [0.15, 0.2) is 5.01 Å². The summed E-state index contributed by atoms with van der Waals surface area (Å²) in [4.78, 5) is 19.1. The van der Waals surface area contributed by atoms with Crippen LogP contribution < -0.4 is 5.32 Å². The number of hydrogen-bond donors (Lipinski definition) is 2. The number of likely N-dealkylation sites (tertiary alicyclic amines) is 1. The molecule has 1 saturated heterocycles. The monoisotopic (exact) mass is 489 g/mol. The number of aliphatic hydroxyl groups is 1. The predicted octanol–water partition coefficient (Wildman–Crippen LogP) is 3.69. The summed E-state index contributed by atoms with van der Waals surface area (Å²) in [7, 11) is 1.90. The van der Waals surface area contributed by atoms with Crippen molar-refractivity contribution in [2.75, 3.05) is 18.4 Å². The minimum atomic E-state index is -0.471. The molecule has 35 heavy (non-hydrogen) atoms. The number of benzene rings is 1. The van der Waals surface area contributed by atoms with Gasteiger partial charge >= 0.3 is 0 Å². The molecule has 2 N–H and O–H groups in total. The van der Waals surface area contributed by atoms with Crippen molar-refractivity contribution in [3.8, 4) is 33.0 Å². The van der Waals surface area contributed by atoms with Gasteiger partial charge in [-0.2, -0.15) is 5.10 Å². The number of anilines is 1. The minimum absolute atomic E-state index is 0.186. The average Bonchev–Trinajstić information content (AvgIpc) is 3.60. The number of amides is 1. The Hall–Kier alpha value is -3.63. The van der Waals surface area contributed by atoms with Gasteiger partial charge in [-0.05, 0) is 38.0 Å². The molecule has 4 heterocycles. The van der Waals surface area contributed by atoms with Crippen LogP contribution in [0, 0.1) is 0 Å². The zero-order chi connectivity index (χ0) is 24.5. The van der Waals surface area contributed by atoms with Gasteiger partial charge in [0.25, 0.3) is 5.91 Å². The number of pyridine rings is 1. The Morgan fingerprint density at radius 3 is 2.71 bits per heavy atom. The van der Waals surface area contributed by atoms with E-state index in [4.69, 9.17) is 4.98 Å². The molecule has 0 radical (unpaired) electrons. The molecule has 4 aromatic rings. The maximum atomic E-state index is 12.8. The van der Waals surface area contributed by atoms with E-state index in [1.54, 1.807) is 15.8 Å². The largest absolute Gasteiger partial charge is 0.391 e. The van der Waals surface area contributed by atoms with E-state index in [1.165, 1.54) is 11.3 Å². The fourth-order valence-corrected chi connectivity index (χ4v) is 4.96. The Balaban J connectivity index is 1.47. The minimum Gasteiger partial charge on any atom is -0.391 e. The van der Waals surface area contributed by atoms with Crippen molar-refractivity contribution in [1.82, 2.24) is 29.9 Å². The van der Waals surface area contributed by atoms with Crippen molar-refractivity contribution in [3.05, 3.63) is 53.9 Å². The van der Waals surface area contributed by atoms with E-state index in [2.05, 4.69) is 46.6 Å². The van der Waals surface area contributed by atoms with Gasteiger partial charge in [0, 0.05) is 55.4 Å². The Morgan fingerprint density at radius 1 is 1.17 bits per heavy atom. The molecule has 1 fully saturated rings. The van der Waals surface area contributed by atoms with Gasteiger partial charge in [-0.1, -0.05) is 29.5 Å². The molecule has 1 amide bonds. The van der Waals surface area contributed by atoms with Gasteiger partial charge < -0.3 is 15.3 Å². The average molecular weight is 490 g/mol. The SMILES string of the molecule is CC(C)Nc1cc(-c2cccc(-c3cnn(C)c3)c2)ncc1-c1nnc(C(=O)N2CC[C@H](O)C2)s1. The maximum Gasteiger partial charge on any atom is 0.284 e. The first kappa shape index (κ1) is 23.1. The first-order valence-electron chi connectivity index (χ1n) is 11.5. The lowest BCUT2D eigenvalue weighted by molar-refractivity contribution is 0.0763. The van der Waals surface area contributed by atoms with Gasteiger partial charge in [-0.15, -0.1) is 10.2 Å². The molecule has 10 heteroatoms. The number of nitrogens with one attached hydrogen (secondary N) is 1. The molecule has 5 rings (SSSR count). The molecule has 180 valence electrons. The fourth-order valence-electron chi connectivity index (χ4n) is 4.12. The Labute approximate surface area is 207 Å². The van der Waals surface area contributed by atoms with Gasteiger partial charge in [-0.25, -0.2) is 0 Å². The van der Waals surface area contributed by atoms with Gasteiger partial charge in [-0.3, -0.25) is 14.5 Å². The summed E-state index contributed by atoms with van der Waals surface area (Å²) < 4.78 is 1.78. The number of aliphatic hydroxyl groups excluding tert-OH is 1. The molecule has 0 bridgehead atoms. The molecule has 0 unspecified atom stereocenters. The molecule has 0 spiro atoms. The lowest BCUT2D eigenvalue weighted by Gasteiger charge is -2.15. The third-order valence-electron chi connectivity index (χ3n) is 5.83. The Morgan fingerprint density at radius 2 is 2.00 bits per heavy atom. The lowest BCUT2D eigenvalue weighted by Crippen LogP contribution is -2.29. The Kier molecular flexibility index (Phi) is 6.31. The quantitative estimate of drug-likeness (QED) is 0.425. The second kappa shape index (κ2) is 9.55.